The van der Waals surface area contributed by atoms with Crippen molar-refractivity contribution in [1.29, 1.82) is 0 Å². The number of hydrogen-bond donors (Lipinski definition) is 0. The summed E-state index contributed by atoms with van der Waals surface area (Å²) in [7, 11) is 0. The summed E-state index contributed by atoms with van der Waals surface area (Å²) in [4.78, 5) is 31.5. The molecule has 0 aliphatic carbocycles. The van der Waals surface area contributed by atoms with Gasteiger partial charge in [0, 0.05) is 0 Å². The van der Waals surface area contributed by atoms with E-state index in [0.29, 0.717) is 0 Å². The van der Waals surface area contributed by atoms with Gasteiger partial charge in [-0.05, 0) is 0 Å². The van der Waals surface area contributed by atoms with Gasteiger partial charge in [-0.2, -0.15) is 0 Å². The predicted molar refractivity (Wildman–Crippen MR) is 42.6 cm³/mol. The first-order valence-electron chi connectivity index (χ1n) is 2.35. The summed E-state index contributed by atoms with van der Waals surface area (Å²) < 4.78 is 0. The van der Waals surface area contributed by atoms with Crippen molar-refractivity contribution in [2.45, 2.75) is 0 Å². The van der Waals surface area contributed by atoms with Gasteiger partial charge in [-0.15, -0.1) is 0 Å². The van der Waals surface area contributed by atoms with Crippen LogP contribution in [0.4, 0.5) is 0 Å². The Kier molecular flexibility index (Phi) is 4.72. The van der Waals surface area contributed by atoms with Crippen LogP contribution in [0.25, 0.3) is 0 Å². The molecule has 0 aliphatic rings. The first-order chi connectivity index (χ1) is 4.63. The Hall–Kier alpha value is -0.0300. The molecule has 10 heavy (non-hydrogen) atoms. The molecule has 0 heterocycles. The fraction of sp³-hybridized carbons (Fsp3) is 0.400. The Bertz CT molecular complexity index is 158. The SMILES string of the molecule is O=C(CBr)C(=O)C(=O)CBr. The molecule has 0 aromatic heterocycles. The van der Waals surface area contributed by atoms with Crippen LogP contribution in [-0.4, -0.2) is 28.0 Å². The summed E-state index contributed by atoms with van der Waals surface area (Å²) in [5.41, 5.74) is 0. The molecule has 3 nitrogen and oxygen atoms in total. The zero-order valence-corrected chi connectivity index (χ0v) is 8.07. The van der Waals surface area contributed by atoms with Crippen LogP contribution in [0, 0.1) is 0 Å². The van der Waals surface area contributed by atoms with Crippen LogP contribution in [0.2, 0.25) is 0 Å². The van der Waals surface area contributed by atoms with E-state index in [9.17, 15) is 14.4 Å². The maximum absolute atomic E-state index is 10.5. The number of halogens is 2. The van der Waals surface area contributed by atoms with Crippen LogP contribution in [0.3, 0.4) is 0 Å². The standard InChI is InChI=1S/C5H4Br2O3/c6-1-3(8)5(10)4(9)2-7/h1-2H2. The van der Waals surface area contributed by atoms with E-state index in [2.05, 4.69) is 31.9 Å². The first kappa shape index (κ1) is 9.97. The molecule has 0 aromatic rings. The number of rotatable bonds is 4. The summed E-state index contributed by atoms with van der Waals surface area (Å²) >= 11 is 5.55. The fourth-order valence-electron chi connectivity index (χ4n) is 0.277. The van der Waals surface area contributed by atoms with Crippen molar-refractivity contribution < 1.29 is 14.4 Å². The van der Waals surface area contributed by atoms with Crippen LogP contribution < -0.4 is 0 Å². The lowest BCUT2D eigenvalue weighted by atomic mass is 10.2. The highest BCUT2D eigenvalue weighted by Gasteiger charge is 2.19. The predicted octanol–water partition coefficient (Wildman–Crippen LogP) is 0.484. The highest BCUT2D eigenvalue weighted by Crippen LogP contribution is 1.89. The molecule has 0 aliphatic heterocycles. The number of Topliss-reactive ketones (excluding diaryl/α,β-unsaturated/α-hetero) is 3. The Morgan fingerprint density at radius 3 is 1.40 bits per heavy atom. The van der Waals surface area contributed by atoms with Crippen molar-refractivity contribution in [3.05, 3.63) is 0 Å². The van der Waals surface area contributed by atoms with E-state index in [1.807, 2.05) is 0 Å². The van der Waals surface area contributed by atoms with Crippen LogP contribution in [0.5, 0.6) is 0 Å². The minimum Gasteiger partial charge on any atom is -0.289 e. The van der Waals surface area contributed by atoms with Gasteiger partial charge in [-0.1, -0.05) is 31.9 Å². The van der Waals surface area contributed by atoms with Crippen LogP contribution in [0.15, 0.2) is 0 Å². The van der Waals surface area contributed by atoms with E-state index in [4.69, 9.17) is 0 Å². The number of ketones is 3. The molecular formula is C5H4Br2O3. The number of carbonyl (C=O) groups is 3. The smallest absolute Gasteiger partial charge is 0.265 e. The average molecular weight is 272 g/mol. The van der Waals surface area contributed by atoms with E-state index >= 15 is 0 Å². The molecule has 0 saturated heterocycles. The Morgan fingerprint density at radius 1 is 0.900 bits per heavy atom. The van der Waals surface area contributed by atoms with Crippen molar-refractivity contribution in [3.8, 4) is 0 Å². The van der Waals surface area contributed by atoms with Gasteiger partial charge in [0.2, 0.25) is 11.6 Å². The summed E-state index contributed by atoms with van der Waals surface area (Å²) in [6.45, 7) is 0. The molecular weight excluding hydrogens is 268 g/mol. The Labute approximate surface area is 74.4 Å². The Morgan fingerprint density at radius 2 is 1.20 bits per heavy atom. The third-order valence-corrected chi connectivity index (χ3v) is 1.77. The quantitative estimate of drug-likeness (QED) is 0.425. The molecule has 0 amide bonds. The number of alkyl halides is 2. The van der Waals surface area contributed by atoms with Gasteiger partial charge in [0.15, 0.2) is 0 Å². The van der Waals surface area contributed by atoms with Crippen molar-refractivity contribution >= 4 is 49.2 Å². The monoisotopic (exact) mass is 270 g/mol. The molecule has 56 valence electrons. The summed E-state index contributed by atoms with van der Waals surface area (Å²) in [6.07, 6.45) is 0. The molecule has 0 N–H and O–H groups in total. The van der Waals surface area contributed by atoms with Gasteiger partial charge in [-0.3, -0.25) is 14.4 Å². The van der Waals surface area contributed by atoms with Gasteiger partial charge in [0.05, 0.1) is 10.7 Å². The molecule has 0 rings (SSSR count). The third kappa shape index (κ3) is 2.70. The maximum Gasteiger partial charge on any atom is 0.265 e. The fourth-order valence-corrected chi connectivity index (χ4v) is 0.786. The van der Waals surface area contributed by atoms with E-state index in [-0.39, 0.29) is 10.7 Å². The van der Waals surface area contributed by atoms with Crippen LogP contribution >= 0.6 is 31.9 Å². The molecule has 0 bridgehead atoms. The lowest BCUT2D eigenvalue weighted by molar-refractivity contribution is -0.142. The normalized spacial score (nSPS) is 9.00. The molecule has 0 unspecified atom stereocenters. The number of hydrogen-bond acceptors (Lipinski definition) is 3. The Balaban J connectivity index is 4.09. The lowest BCUT2D eigenvalue weighted by Crippen LogP contribution is -2.25. The topological polar surface area (TPSA) is 51.2 Å². The molecule has 5 heteroatoms. The molecule has 0 atom stereocenters. The second kappa shape index (κ2) is 4.73. The summed E-state index contributed by atoms with van der Waals surface area (Å²) in [5, 5.41) is -0.185. The second-order valence-electron chi connectivity index (χ2n) is 1.44. The summed E-state index contributed by atoms with van der Waals surface area (Å²) in [5.74, 6) is -2.36. The van der Waals surface area contributed by atoms with Gasteiger partial charge < -0.3 is 0 Å². The zero-order chi connectivity index (χ0) is 8.15. The molecule has 0 saturated carbocycles. The summed E-state index contributed by atoms with van der Waals surface area (Å²) in [6, 6.07) is 0. The first-order valence-corrected chi connectivity index (χ1v) is 4.60. The highest BCUT2D eigenvalue weighted by atomic mass is 79.9. The second-order valence-corrected chi connectivity index (χ2v) is 2.56. The van der Waals surface area contributed by atoms with Gasteiger partial charge in [0.25, 0.3) is 5.78 Å². The molecule has 0 radical (unpaired) electrons. The highest BCUT2D eigenvalue weighted by molar-refractivity contribution is 9.09. The molecule has 0 spiro atoms. The van der Waals surface area contributed by atoms with Crippen LogP contribution in [0.1, 0.15) is 0 Å². The maximum atomic E-state index is 10.5. The van der Waals surface area contributed by atoms with Crippen molar-refractivity contribution in [3.63, 3.8) is 0 Å². The average Bonchev–Trinajstić information content (AvgIpc) is 2.00. The lowest BCUT2D eigenvalue weighted by Gasteiger charge is -1.89. The molecule has 0 aromatic carbocycles. The van der Waals surface area contributed by atoms with Crippen molar-refractivity contribution in [2.75, 3.05) is 10.7 Å². The van der Waals surface area contributed by atoms with Gasteiger partial charge in [0.1, 0.15) is 0 Å². The van der Waals surface area contributed by atoms with E-state index in [0.717, 1.165) is 0 Å². The van der Waals surface area contributed by atoms with Crippen molar-refractivity contribution in [1.82, 2.24) is 0 Å². The van der Waals surface area contributed by atoms with E-state index in [1.54, 1.807) is 0 Å². The largest absolute Gasteiger partial charge is 0.289 e. The van der Waals surface area contributed by atoms with E-state index in [1.165, 1.54) is 0 Å². The third-order valence-electron chi connectivity index (χ3n) is 0.749. The van der Waals surface area contributed by atoms with Crippen LogP contribution in [-0.2, 0) is 14.4 Å². The van der Waals surface area contributed by atoms with E-state index < -0.39 is 17.3 Å². The minimum absolute atomic E-state index is 0.0927. The zero-order valence-electron chi connectivity index (χ0n) is 4.89. The van der Waals surface area contributed by atoms with Crippen molar-refractivity contribution in [2.24, 2.45) is 0 Å². The number of carbonyl (C=O) groups excluding carboxylic acids is 3. The van der Waals surface area contributed by atoms with Gasteiger partial charge >= 0.3 is 0 Å². The molecule has 0 fully saturated rings. The minimum atomic E-state index is -0.950. The van der Waals surface area contributed by atoms with Gasteiger partial charge in [-0.25, -0.2) is 0 Å².